The van der Waals surface area contributed by atoms with Crippen molar-refractivity contribution in [1.29, 1.82) is 0 Å². The van der Waals surface area contributed by atoms with Crippen LogP contribution < -0.4 is 5.32 Å². The normalized spacial score (nSPS) is 13.1. The predicted molar refractivity (Wildman–Crippen MR) is 51.8 cm³/mol. The number of likely N-dealkylation sites (N-methyl/N-ethyl adjacent to an activating group) is 1. The molecule has 1 heterocycles. The van der Waals surface area contributed by atoms with Crippen molar-refractivity contribution in [2.24, 2.45) is 7.05 Å². The van der Waals surface area contributed by atoms with Crippen LogP contribution in [0.25, 0.3) is 0 Å². The Balaban J connectivity index is 2.40. The van der Waals surface area contributed by atoms with Crippen LogP contribution in [0.2, 0.25) is 0 Å². The van der Waals surface area contributed by atoms with Gasteiger partial charge in [-0.15, -0.1) is 10.2 Å². The molecule has 6 heteroatoms. The summed E-state index contributed by atoms with van der Waals surface area (Å²) in [5.41, 5.74) is 0. The van der Waals surface area contributed by atoms with Crippen molar-refractivity contribution >= 4 is 0 Å². The van der Waals surface area contributed by atoms with Crippen LogP contribution in [0.15, 0.2) is 0 Å². The van der Waals surface area contributed by atoms with E-state index < -0.39 is 0 Å². The first-order valence-corrected chi connectivity index (χ1v) is 4.65. The van der Waals surface area contributed by atoms with E-state index in [1.54, 1.807) is 14.2 Å². The molecule has 0 amide bonds. The third-order valence-corrected chi connectivity index (χ3v) is 2.06. The molecule has 0 spiro atoms. The number of rotatable bonds is 6. The van der Waals surface area contributed by atoms with Gasteiger partial charge in [0.15, 0.2) is 5.82 Å². The molecule has 1 aromatic rings. The molecule has 0 saturated heterocycles. The first-order chi connectivity index (χ1) is 6.76. The summed E-state index contributed by atoms with van der Waals surface area (Å²) in [6, 6.07) is 0.346. The third-order valence-electron chi connectivity index (χ3n) is 2.06. The van der Waals surface area contributed by atoms with Gasteiger partial charge in [-0.2, -0.15) is 4.80 Å². The molecule has 1 atom stereocenters. The van der Waals surface area contributed by atoms with Crippen LogP contribution in [0, 0.1) is 0 Å². The first kappa shape index (κ1) is 11.1. The van der Waals surface area contributed by atoms with Gasteiger partial charge in [-0.1, -0.05) is 0 Å². The highest BCUT2D eigenvalue weighted by molar-refractivity contribution is 4.83. The van der Waals surface area contributed by atoms with Gasteiger partial charge in [-0.25, -0.2) is 0 Å². The molecular weight excluding hydrogens is 182 g/mol. The van der Waals surface area contributed by atoms with Crippen molar-refractivity contribution in [3.05, 3.63) is 5.82 Å². The van der Waals surface area contributed by atoms with E-state index in [9.17, 15) is 0 Å². The lowest BCUT2D eigenvalue weighted by Crippen LogP contribution is -2.29. The third kappa shape index (κ3) is 3.39. The molecule has 0 aliphatic heterocycles. The Morgan fingerprint density at radius 3 is 2.86 bits per heavy atom. The topological polar surface area (TPSA) is 64.9 Å². The van der Waals surface area contributed by atoms with Gasteiger partial charge in [0.25, 0.3) is 0 Å². The van der Waals surface area contributed by atoms with E-state index in [-0.39, 0.29) is 0 Å². The zero-order valence-electron chi connectivity index (χ0n) is 8.90. The highest BCUT2D eigenvalue weighted by Crippen LogP contribution is 1.99. The van der Waals surface area contributed by atoms with Gasteiger partial charge in [-0.3, -0.25) is 0 Å². The zero-order chi connectivity index (χ0) is 10.4. The summed E-state index contributed by atoms with van der Waals surface area (Å²) in [6.07, 6.45) is 1.74. The van der Waals surface area contributed by atoms with Crippen molar-refractivity contribution < 1.29 is 4.74 Å². The van der Waals surface area contributed by atoms with E-state index in [1.165, 1.54) is 4.80 Å². The Hall–Kier alpha value is -1.01. The molecule has 80 valence electrons. The Kier molecular flexibility index (Phi) is 4.48. The van der Waals surface area contributed by atoms with Crippen molar-refractivity contribution in [1.82, 2.24) is 25.5 Å². The summed E-state index contributed by atoms with van der Waals surface area (Å²) in [4.78, 5) is 1.47. The second-order valence-corrected chi connectivity index (χ2v) is 3.17. The van der Waals surface area contributed by atoms with Gasteiger partial charge in [0.1, 0.15) is 0 Å². The van der Waals surface area contributed by atoms with E-state index in [0.29, 0.717) is 6.04 Å². The molecular formula is C8H17N5O. The van der Waals surface area contributed by atoms with Crippen LogP contribution in [-0.4, -0.2) is 47.0 Å². The molecule has 0 bridgehead atoms. The number of nitrogens with one attached hydrogen (secondary N) is 1. The van der Waals surface area contributed by atoms with Crippen LogP contribution in [-0.2, 0) is 18.2 Å². The Morgan fingerprint density at radius 2 is 2.36 bits per heavy atom. The molecule has 1 rings (SSSR count). The van der Waals surface area contributed by atoms with Gasteiger partial charge in [0, 0.05) is 26.2 Å². The van der Waals surface area contributed by atoms with Crippen LogP contribution in [0.3, 0.4) is 0 Å². The fraction of sp³-hybridized carbons (Fsp3) is 0.875. The SMILES string of the molecule is CNC(CCOC)Cc1nnn(C)n1. The Morgan fingerprint density at radius 1 is 1.57 bits per heavy atom. The van der Waals surface area contributed by atoms with Crippen molar-refractivity contribution in [2.45, 2.75) is 18.9 Å². The predicted octanol–water partition coefficient (Wildman–Crippen LogP) is -0.623. The summed E-state index contributed by atoms with van der Waals surface area (Å²) < 4.78 is 5.02. The number of hydrogen-bond acceptors (Lipinski definition) is 5. The lowest BCUT2D eigenvalue weighted by atomic mass is 10.1. The van der Waals surface area contributed by atoms with Crippen LogP contribution >= 0.6 is 0 Å². The fourth-order valence-electron chi connectivity index (χ4n) is 1.23. The number of nitrogens with zero attached hydrogens (tertiary/aromatic N) is 4. The second kappa shape index (κ2) is 5.66. The molecule has 1 N–H and O–H groups in total. The number of methoxy groups -OCH3 is 1. The Labute approximate surface area is 83.6 Å². The van der Waals surface area contributed by atoms with Crippen LogP contribution in [0.1, 0.15) is 12.2 Å². The molecule has 1 unspecified atom stereocenters. The van der Waals surface area contributed by atoms with Crippen molar-refractivity contribution in [2.75, 3.05) is 20.8 Å². The first-order valence-electron chi connectivity index (χ1n) is 4.65. The average molecular weight is 199 g/mol. The summed E-state index contributed by atoms with van der Waals surface area (Å²) in [7, 11) is 5.39. The van der Waals surface area contributed by atoms with Gasteiger partial charge in [0.2, 0.25) is 0 Å². The number of tetrazole rings is 1. The molecule has 0 saturated carbocycles. The summed E-state index contributed by atoms with van der Waals surface area (Å²) in [5, 5.41) is 15.0. The van der Waals surface area contributed by atoms with Crippen molar-refractivity contribution in [3.63, 3.8) is 0 Å². The highest BCUT2D eigenvalue weighted by atomic mass is 16.5. The standard InChI is InChI=1S/C8H17N5O/c1-9-7(4-5-14-3)6-8-10-12-13(2)11-8/h7,9H,4-6H2,1-3H3. The smallest absolute Gasteiger partial charge is 0.176 e. The molecule has 0 aromatic carbocycles. The maximum absolute atomic E-state index is 5.02. The van der Waals surface area contributed by atoms with E-state index >= 15 is 0 Å². The number of ether oxygens (including phenoxy) is 1. The van der Waals surface area contributed by atoms with Crippen LogP contribution in [0.4, 0.5) is 0 Å². The maximum Gasteiger partial charge on any atom is 0.176 e. The molecule has 1 aromatic heterocycles. The highest BCUT2D eigenvalue weighted by Gasteiger charge is 2.10. The van der Waals surface area contributed by atoms with Crippen LogP contribution in [0.5, 0.6) is 0 Å². The molecule has 6 nitrogen and oxygen atoms in total. The van der Waals surface area contributed by atoms with E-state index in [4.69, 9.17) is 4.74 Å². The average Bonchev–Trinajstić information content (AvgIpc) is 2.58. The molecule has 0 aliphatic rings. The van der Waals surface area contributed by atoms with Gasteiger partial charge < -0.3 is 10.1 Å². The number of aromatic nitrogens is 4. The minimum Gasteiger partial charge on any atom is -0.385 e. The Bertz CT molecular complexity index is 262. The molecule has 0 fully saturated rings. The summed E-state index contributed by atoms with van der Waals surface area (Å²) in [5.74, 6) is 0.767. The maximum atomic E-state index is 5.02. The van der Waals surface area contributed by atoms with E-state index in [0.717, 1.165) is 25.3 Å². The minimum absolute atomic E-state index is 0.346. The van der Waals surface area contributed by atoms with Gasteiger partial charge >= 0.3 is 0 Å². The van der Waals surface area contributed by atoms with Gasteiger partial charge in [-0.05, 0) is 18.7 Å². The quantitative estimate of drug-likeness (QED) is 0.661. The monoisotopic (exact) mass is 199 g/mol. The number of aryl methyl sites for hydroxylation is 1. The molecule has 0 aliphatic carbocycles. The fourth-order valence-corrected chi connectivity index (χ4v) is 1.23. The van der Waals surface area contributed by atoms with E-state index in [1.807, 2.05) is 7.05 Å². The lowest BCUT2D eigenvalue weighted by molar-refractivity contribution is 0.183. The van der Waals surface area contributed by atoms with E-state index in [2.05, 4.69) is 20.7 Å². The molecule has 0 radical (unpaired) electrons. The number of hydrogen-bond donors (Lipinski definition) is 1. The minimum atomic E-state index is 0.346. The zero-order valence-corrected chi connectivity index (χ0v) is 8.90. The van der Waals surface area contributed by atoms with Crippen molar-refractivity contribution in [3.8, 4) is 0 Å². The lowest BCUT2D eigenvalue weighted by Gasteiger charge is -2.12. The second-order valence-electron chi connectivity index (χ2n) is 3.17. The molecule has 14 heavy (non-hydrogen) atoms. The summed E-state index contributed by atoms with van der Waals surface area (Å²) in [6.45, 7) is 0.742. The largest absolute Gasteiger partial charge is 0.385 e. The summed E-state index contributed by atoms with van der Waals surface area (Å²) >= 11 is 0. The van der Waals surface area contributed by atoms with Gasteiger partial charge in [0.05, 0.1) is 7.05 Å².